The van der Waals surface area contributed by atoms with Crippen molar-refractivity contribution in [3.8, 4) is 0 Å². The molecule has 0 atom stereocenters. The zero-order valence-corrected chi connectivity index (χ0v) is 12.6. The smallest absolute Gasteiger partial charge is 0.0485 e. The molecule has 19 heavy (non-hydrogen) atoms. The van der Waals surface area contributed by atoms with E-state index >= 15 is 0 Å². The summed E-state index contributed by atoms with van der Waals surface area (Å²) in [5.74, 6) is 5.10. The minimum atomic E-state index is 0. The van der Waals surface area contributed by atoms with Crippen molar-refractivity contribution in [3.63, 3.8) is 0 Å². The van der Waals surface area contributed by atoms with E-state index < -0.39 is 0 Å². The standard InChI is InChI=1S/C10H14.C6H8N2.ClH/c1-10(2,3)9-7-5-4-6-8-9;7-8-6-4-2-1-3-5-6;/h4-8H,1-3H3;1-5,8H,7H2;1H. The normalized spacial score (nSPS) is 9.68. The van der Waals surface area contributed by atoms with Crippen LogP contribution in [0.1, 0.15) is 26.3 Å². The number of anilines is 1. The van der Waals surface area contributed by atoms with Gasteiger partial charge in [-0.3, -0.25) is 5.84 Å². The van der Waals surface area contributed by atoms with Crippen molar-refractivity contribution < 1.29 is 0 Å². The van der Waals surface area contributed by atoms with E-state index in [1.807, 2.05) is 30.3 Å². The van der Waals surface area contributed by atoms with Crippen molar-refractivity contribution in [1.29, 1.82) is 0 Å². The Morgan fingerprint density at radius 1 is 0.789 bits per heavy atom. The molecule has 3 heteroatoms. The molecule has 0 saturated carbocycles. The minimum absolute atomic E-state index is 0. The van der Waals surface area contributed by atoms with Crippen LogP contribution in [0.3, 0.4) is 0 Å². The first-order valence-corrected chi connectivity index (χ1v) is 6.11. The van der Waals surface area contributed by atoms with Crippen LogP contribution in [0.15, 0.2) is 60.7 Å². The fraction of sp³-hybridized carbons (Fsp3) is 0.250. The van der Waals surface area contributed by atoms with Gasteiger partial charge in [0.25, 0.3) is 0 Å². The molecule has 0 spiro atoms. The predicted octanol–water partition coefficient (Wildman–Crippen LogP) is 4.38. The van der Waals surface area contributed by atoms with E-state index in [2.05, 4.69) is 56.5 Å². The molecule has 0 aliphatic rings. The molecule has 0 radical (unpaired) electrons. The van der Waals surface area contributed by atoms with Crippen LogP contribution >= 0.6 is 12.4 Å². The molecule has 2 rings (SSSR count). The molecule has 2 aromatic carbocycles. The molecule has 0 unspecified atom stereocenters. The number of nitrogens with two attached hydrogens (primary N) is 1. The average Bonchev–Trinajstić information content (AvgIpc) is 2.40. The molecule has 0 fully saturated rings. The van der Waals surface area contributed by atoms with Crippen LogP contribution in [0.5, 0.6) is 0 Å². The lowest BCUT2D eigenvalue weighted by molar-refractivity contribution is 0.590. The number of hydrogen-bond donors (Lipinski definition) is 2. The number of hydrogen-bond acceptors (Lipinski definition) is 2. The Kier molecular flexibility index (Phi) is 7.89. The van der Waals surface area contributed by atoms with Gasteiger partial charge in [0.05, 0.1) is 0 Å². The summed E-state index contributed by atoms with van der Waals surface area (Å²) >= 11 is 0. The number of para-hydroxylation sites is 1. The fourth-order valence-corrected chi connectivity index (χ4v) is 1.47. The molecule has 0 aliphatic heterocycles. The number of nitrogens with one attached hydrogen (secondary N) is 1. The Balaban J connectivity index is 0.000000331. The van der Waals surface area contributed by atoms with Crippen molar-refractivity contribution in [2.45, 2.75) is 26.2 Å². The largest absolute Gasteiger partial charge is 0.324 e. The first kappa shape index (κ1) is 17.5. The second-order valence-electron chi connectivity index (χ2n) is 5.13. The number of benzene rings is 2. The van der Waals surface area contributed by atoms with Gasteiger partial charge in [-0.1, -0.05) is 69.3 Å². The van der Waals surface area contributed by atoms with Crippen molar-refractivity contribution in [1.82, 2.24) is 0 Å². The zero-order chi connectivity index (χ0) is 13.4. The number of halogens is 1. The molecule has 3 N–H and O–H groups in total. The fourth-order valence-electron chi connectivity index (χ4n) is 1.47. The van der Waals surface area contributed by atoms with Crippen LogP contribution in [0.25, 0.3) is 0 Å². The second-order valence-corrected chi connectivity index (χ2v) is 5.13. The average molecular weight is 279 g/mol. The summed E-state index contributed by atoms with van der Waals surface area (Å²) in [7, 11) is 0. The highest BCUT2D eigenvalue weighted by Crippen LogP contribution is 2.20. The second kappa shape index (κ2) is 8.57. The summed E-state index contributed by atoms with van der Waals surface area (Å²) < 4.78 is 0. The van der Waals surface area contributed by atoms with E-state index in [4.69, 9.17) is 5.84 Å². The highest BCUT2D eigenvalue weighted by molar-refractivity contribution is 5.85. The van der Waals surface area contributed by atoms with Crippen LogP contribution in [-0.2, 0) is 5.41 Å². The molecule has 0 amide bonds. The van der Waals surface area contributed by atoms with Gasteiger partial charge in [-0.2, -0.15) is 0 Å². The van der Waals surface area contributed by atoms with E-state index in [-0.39, 0.29) is 12.4 Å². The summed E-state index contributed by atoms with van der Waals surface area (Å²) in [6, 6.07) is 20.2. The molecule has 104 valence electrons. The lowest BCUT2D eigenvalue weighted by Gasteiger charge is -2.18. The van der Waals surface area contributed by atoms with Gasteiger partial charge in [-0.15, -0.1) is 12.4 Å². The maximum absolute atomic E-state index is 5.10. The highest BCUT2D eigenvalue weighted by atomic mass is 35.5. The van der Waals surface area contributed by atoms with Gasteiger partial charge in [0, 0.05) is 5.69 Å². The Morgan fingerprint density at radius 2 is 1.21 bits per heavy atom. The van der Waals surface area contributed by atoms with Crippen molar-refractivity contribution in [2.75, 3.05) is 5.43 Å². The van der Waals surface area contributed by atoms with Gasteiger partial charge in [-0.25, -0.2) is 0 Å². The quantitative estimate of drug-likeness (QED) is 0.600. The molecule has 2 aromatic rings. The molecule has 0 aromatic heterocycles. The van der Waals surface area contributed by atoms with Gasteiger partial charge >= 0.3 is 0 Å². The molecular weight excluding hydrogens is 256 g/mol. The third-order valence-electron chi connectivity index (χ3n) is 2.58. The molecule has 0 saturated heterocycles. The monoisotopic (exact) mass is 278 g/mol. The van der Waals surface area contributed by atoms with E-state index in [1.54, 1.807) is 0 Å². The van der Waals surface area contributed by atoms with Crippen molar-refractivity contribution in [2.24, 2.45) is 5.84 Å². The molecule has 0 aliphatic carbocycles. The van der Waals surface area contributed by atoms with Gasteiger partial charge in [0.1, 0.15) is 0 Å². The maximum Gasteiger partial charge on any atom is 0.0485 e. The Hall–Kier alpha value is -1.51. The third kappa shape index (κ3) is 6.85. The molecule has 2 nitrogen and oxygen atoms in total. The highest BCUT2D eigenvalue weighted by Gasteiger charge is 2.11. The number of hydrazine groups is 1. The lowest BCUT2D eigenvalue weighted by atomic mass is 9.87. The van der Waals surface area contributed by atoms with Crippen LogP contribution in [0.2, 0.25) is 0 Å². The van der Waals surface area contributed by atoms with E-state index in [0.29, 0.717) is 5.41 Å². The van der Waals surface area contributed by atoms with Crippen LogP contribution in [-0.4, -0.2) is 0 Å². The number of rotatable bonds is 1. The van der Waals surface area contributed by atoms with Crippen LogP contribution in [0.4, 0.5) is 5.69 Å². The molecule has 0 bridgehead atoms. The van der Waals surface area contributed by atoms with Gasteiger partial charge in [0.15, 0.2) is 0 Å². The van der Waals surface area contributed by atoms with E-state index in [1.165, 1.54) is 5.56 Å². The topological polar surface area (TPSA) is 38.0 Å². The van der Waals surface area contributed by atoms with Crippen LogP contribution in [0, 0.1) is 0 Å². The summed E-state index contributed by atoms with van der Waals surface area (Å²) in [5.41, 5.74) is 5.16. The van der Waals surface area contributed by atoms with Crippen molar-refractivity contribution >= 4 is 18.1 Å². The minimum Gasteiger partial charge on any atom is -0.324 e. The SMILES string of the molecule is CC(C)(C)c1ccccc1.Cl.NNc1ccccc1. The van der Waals surface area contributed by atoms with Crippen molar-refractivity contribution in [3.05, 3.63) is 66.2 Å². The number of nitrogen functional groups attached to an aromatic ring is 1. The Labute approximate surface area is 122 Å². The Morgan fingerprint density at radius 3 is 1.47 bits per heavy atom. The van der Waals surface area contributed by atoms with Gasteiger partial charge in [-0.05, 0) is 23.1 Å². The predicted molar refractivity (Wildman–Crippen MR) is 86.6 cm³/mol. The first-order valence-electron chi connectivity index (χ1n) is 6.11. The summed E-state index contributed by atoms with van der Waals surface area (Å²) in [5, 5.41) is 0. The maximum atomic E-state index is 5.10. The third-order valence-corrected chi connectivity index (χ3v) is 2.58. The summed E-state index contributed by atoms with van der Waals surface area (Å²) in [4.78, 5) is 0. The van der Waals surface area contributed by atoms with E-state index in [0.717, 1.165) is 5.69 Å². The summed E-state index contributed by atoms with van der Waals surface area (Å²) in [6.07, 6.45) is 0. The molecular formula is C16H23ClN2. The van der Waals surface area contributed by atoms with Gasteiger partial charge in [0.2, 0.25) is 0 Å². The zero-order valence-electron chi connectivity index (χ0n) is 11.8. The van der Waals surface area contributed by atoms with E-state index in [9.17, 15) is 0 Å². The summed E-state index contributed by atoms with van der Waals surface area (Å²) in [6.45, 7) is 6.67. The molecule has 0 heterocycles. The van der Waals surface area contributed by atoms with Gasteiger partial charge < -0.3 is 5.43 Å². The van der Waals surface area contributed by atoms with Crippen LogP contribution < -0.4 is 11.3 Å². The Bertz CT molecular complexity index is 435. The first-order chi connectivity index (χ1) is 8.54. The lowest BCUT2D eigenvalue weighted by Crippen LogP contribution is -2.10.